The van der Waals surface area contributed by atoms with E-state index in [1.54, 1.807) is 18.5 Å². The Balaban J connectivity index is 1.29. The lowest BCUT2D eigenvalue weighted by Gasteiger charge is -2.36. The minimum absolute atomic E-state index is 0.229. The summed E-state index contributed by atoms with van der Waals surface area (Å²) in [5.74, 6) is 0. The highest BCUT2D eigenvalue weighted by Crippen LogP contribution is 2.16. The zero-order valence-electron chi connectivity index (χ0n) is 16.8. The summed E-state index contributed by atoms with van der Waals surface area (Å²) in [6.07, 6.45) is 2.22. The minimum atomic E-state index is -3.91. The number of piperazine rings is 1. The van der Waals surface area contributed by atoms with Crippen molar-refractivity contribution in [3.8, 4) is 0 Å². The maximum atomic E-state index is 12.7. The van der Waals surface area contributed by atoms with Crippen molar-refractivity contribution in [2.45, 2.75) is 18.2 Å². The first-order valence-corrected chi connectivity index (χ1v) is 12.3. The van der Waals surface area contributed by atoms with E-state index in [-0.39, 0.29) is 17.1 Å². The molecule has 160 valence electrons. The van der Waals surface area contributed by atoms with Crippen molar-refractivity contribution in [3.63, 3.8) is 0 Å². The molecule has 0 aliphatic carbocycles. The van der Waals surface area contributed by atoms with Crippen molar-refractivity contribution >= 4 is 32.0 Å². The number of aryl methyl sites for hydroxylation is 1. The predicted molar refractivity (Wildman–Crippen MR) is 119 cm³/mol. The summed E-state index contributed by atoms with van der Waals surface area (Å²) in [5, 5.41) is 1.71. The number of thiazole rings is 1. The van der Waals surface area contributed by atoms with Crippen molar-refractivity contribution < 1.29 is 8.42 Å². The van der Waals surface area contributed by atoms with Gasteiger partial charge in [0.2, 0.25) is 10.0 Å². The molecule has 1 aliphatic heterocycles. The van der Waals surface area contributed by atoms with Crippen LogP contribution in [0.25, 0.3) is 4.96 Å². The molecule has 2 aromatic heterocycles. The number of para-hydroxylation sites is 1. The van der Waals surface area contributed by atoms with Crippen LogP contribution in [0.4, 0.5) is 5.69 Å². The molecule has 0 unspecified atom stereocenters. The molecule has 0 amide bonds. The molecule has 30 heavy (non-hydrogen) atoms. The average Bonchev–Trinajstić information content (AvgIpc) is 3.21. The van der Waals surface area contributed by atoms with E-state index in [2.05, 4.69) is 31.6 Å². The fourth-order valence-electron chi connectivity index (χ4n) is 3.73. The summed E-state index contributed by atoms with van der Waals surface area (Å²) in [7, 11) is -3.91. The molecular formula is C20H25N5O3S2. The van der Waals surface area contributed by atoms with Gasteiger partial charge in [-0.3, -0.25) is 14.1 Å². The van der Waals surface area contributed by atoms with Gasteiger partial charge in [0.25, 0.3) is 5.56 Å². The molecule has 1 aliphatic rings. The van der Waals surface area contributed by atoms with E-state index in [1.807, 2.05) is 18.2 Å². The van der Waals surface area contributed by atoms with Crippen molar-refractivity contribution in [2.24, 2.45) is 0 Å². The Morgan fingerprint density at radius 3 is 2.60 bits per heavy atom. The summed E-state index contributed by atoms with van der Waals surface area (Å²) in [4.78, 5) is 21.8. The van der Waals surface area contributed by atoms with Crippen LogP contribution in [0.15, 0.2) is 51.6 Å². The number of aromatic nitrogens is 2. The van der Waals surface area contributed by atoms with Crippen molar-refractivity contribution in [3.05, 3.63) is 58.0 Å². The normalized spacial score (nSPS) is 15.7. The molecule has 4 rings (SSSR count). The molecule has 8 nitrogen and oxygen atoms in total. The van der Waals surface area contributed by atoms with Crippen LogP contribution in [-0.2, 0) is 10.0 Å². The summed E-state index contributed by atoms with van der Waals surface area (Å²) >= 11 is 1.30. The van der Waals surface area contributed by atoms with E-state index in [1.165, 1.54) is 21.4 Å². The number of anilines is 1. The molecular weight excluding hydrogens is 422 g/mol. The number of fused-ring (bicyclic) bond motifs is 1. The quantitative estimate of drug-likeness (QED) is 0.553. The second-order valence-electron chi connectivity index (χ2n) is 7.30. The van der Waals surface area contributed by atoms with Crippen LogP contribution in [0.1, 0.15) is 12.1 Å². The Morgan fingerprint density at radius 1 is 1.13 bits per heavy atom. The van der Waals surface area contributed by atoms with E-state index in [0.717, 1.165) is 32.7 Å². The molecule has 0 saturated carbocycles. The lowest BCUT2D eigenvalue weighted by atomic mass is 10.2. The molecule has 1 N–H and O–H groups in total. The van der Waals surface area contributed by atoms with E-state index in [0.29, 0.717) is 11.4 Å². The van der Waals surface area contributed by atoms with Crippen LogP contribution in [0.3, 0.4) is 0 Å². The van der Waals surface area contributed by atoms with Gasteiger partial charge < -0.3 is 4.90 Å². The Labute approximate surface area is 179 Å². The first-order chi connectivity index (χ1) is 14.5. The number of sulfonamides is 1. The first-order valence-electron chi connectivity index (χ1n) is 9.94. The van der Waals surface area contributed by atoms with Gasteiger partial charge in [-0.25, -0.2) is 18.1 Å². The predicted octanol–water partition coefficient (Wildman–Crippen LogP) is 1.56. The van der Waals surface area contributed by atoms with E-state index in [9.17, 15) is 13.2 Å². The zero-order chi connectivity index (χ0) is 21.1. The van der Waals surface area contributed by atoms with Gasteiger partial charge in [0.05, 0.1) is 5.69 Å². The number of hydrogen-bond donors (Lipinski definition) is 1. The third-order valence-electron chi connectivity index (χ3n) is 5.30. The molecule has 1 saturated heterocycles. The maximum absolute atomic E-state index is 12.7. The molecule has 0 radical (unpaired) electrons. The number of rotatable bonds is 7. The molecule has 0 bridgehead atoms. The van der Waals surface area contributed by atoms with Gasteiger partial charge in [-0.2, -0.15) is 0 Å². The lowest BCUT2D eigenvalue weighted by molar-refractivity contribution is 0.255. The highest BCUT2D eigenvalue weighted by Gasteiger charge is 2.24. The van der Waals surface area contributed by atoms with E-state index in [4.69, 9.17) is 0 Å². The van der Waals surface area contributed by atoms with E-state index >= 15 is 0 Å². The topological polar surface area (TPSA) is 87.0 Å². The van der Waals surface area contributed by atoms with Gasteiger partial charge in [0.15, 0.2) is 9.86 Å². The fourth-order valence-corrected chi connectivity index (χ4v) is 5.80. The molecule has 1 fully saturated rings. The molecule has 0 spiro atoms. The molecule has 3 aromatic rings. The minimum Gasteiger partial charge on any atom is -0.369 e. The Morgan fingerprint density at radius 2 is 1.87 bits per heavy atom. The standard InChI is InChI=1S/C20H25N5O3S2/c1-16-18(19(26)25-14-15-29-20(25)22-16)30(27,28)21-8-5-9-23-10-12-24(13-11-23)17-6-3-2-4-7-17/h2-4,6-7,14-15,21H,5,8-13H2,1H3. The summed E-state index contributed by atoms with van der Waals surface area (Å²) in [5.41, 5.74) is 0.915. The monoisotopic (exact) mass is 447 g/mol. The van der Waals surface area contributed by atoms with Gasteiger partial charge in [-0.05, 0) is 32.0 Å². The number of benzene rings is 1. The zero-order valence-corrected chi connectivity index (χ0v) is 18.5. The van der Waals surface area contributed by atoms with Crippen molar-refractivity contribution in [1.82, 2.24) is 19.0 Å². The second kappa shape index (κ2) is 8.84. The molecule has 1 aromatic carbocycles. The second-order valence-corrected chi connectivity index (χ2v) is 9.88. The van der Waals surface area contributed by atoms with Crippen molar-refractivity contribution in [2.75, 3.05) is 44.2 Å². The Hall–Kier alpha value is -2.27. The largest absolute Gasteiger partial charge is 0.369 e. The Kier molecular flexibility index (Phi) is 6.19. The van der Waals surface area contributed by atoms with Gasteiger partial charge in [0, 0.05) is 50.0 Å². The first kappa shape index (κ1) is 21.0. The van der Waals surface area contributed by atoms with Crippen LogP contribution in [0, 0.1) is 6.92 Å². The molecule has 0 atom stereocenters. The smallest absolute Gasteiger partial charge is 0.279 e. The highest BCUT2D eigenvalue weighted by atomic mass is 32.2. The Bertz CT molecular complexity index is 1170. The van der Waals surface area contributed by atoms with Gasteiger partial charge in [-0.1, -0.05) is 18.2 Å². The maximum Gasteiger partial charge on any atom is 0.279 e. The van der Waals surface area contributed by atoms with Crippen molar-refractivity contribution in [1.29, 1.82) is 0 Å². The van der Waals surface area contributed by atoms with E-state index < -0.39 is 15.6 Å². The molecule has 10 heteroatoms. The van der Waals surface area contributed by atoms with Gasteiger partial charge in [-0.15, -0.1) is 11.3 Å². The SMILES string of the molecule is Cc1nc2sccn2c(=O)c1S(=O)(=O)NCCCN1CCN(c2ccccc2)CC1. The summed E-state index contributed by atoms with van der Waals surface area (Å²) in [6.45, 7) is 6.46. The number of hydrogen-bond acceptors (Lipinski definition) is 7. The third kappa shape index (κ3) is 4.41. The van der Waals surface area contributed by atoms with Gasteiger partial charge in [0.1, 0.15) is 0 Å². The van der Waals surface area contributed by atoms with Crippen LogP contribution in [-0.4, -0.2) is 62.0 Å². The number of nitrogens with one attached hydrogen (secondary N) is 1. The highest BCUT2D eigenvalue weighted by molar-refractivity contribution is 7.89. The molecule has 3 heterocycles. The van der Waals surface area contributed by atoms with Crippen LogP contribution in [0.5, 0.6) is 0 Å². The summed E-state index contributed by atoms with van der Waals surface area (Å²) < 4.78 is 29.3. The fraction of sp³-hybridized carbons (Fsp3) is 0.400. The van der Waals surface area contributed by atoms with Crippen LogP contribution < -0.4 is 15.2 Å². The summed E-state index contributed by atoms with van der Waals surface area (Å²) in [6, 6.07) is 10.4. The van der Waals surface area contributed by atoms with Crippen LogP contribution >= 0.6 is 11.3 Å². The third-order valence-corrected chi connectivity index (χ3v) is 7.65. The van der Waals surface area contributed by atoms with Crippen LogP contribution in [0.2, 0.25) is 0 Å². The number of nitrogens with zero attached hydrogens (tertiary/aromatic N) is 4. The lowest BCUT2D eigenvalue weighted by Crippen LogP contribution is -2.47. The average molecular weight is 448 g/mol. The van der Waals surface area contributed by atoms with Gasteiger partial charge >= 0.3 is 0 Å².